The van der Waals surface area contributed by atoms with E-state index in [2.05, 4.69) is 5.32 Å². The Balaban J connectivity index is 1.68. The highest BCUT2D eigenvalue weighted by Gasteiger charge is 2.18. The van der Waals surface area contributed by atoms with Crippen molar-refractivity contribution in [1.82, 2.24) is 9.78 Å². The van der Waals surface area contributed by atoms with Crippen LogP contribution < -0.4 is 5.32 Å². The first kappa shape index (κ1) is 19.0. The summed E-state index contributed by atoms with van der Waals surface area (Å²) in [6.45, 7) is 2.51. The largest absolute Gasteiger partial charge is 0.322 e. The van der Waals surface area contributed by atoms with Crippen molar-refractivity contribution in [1.29, 1.82) is 0 Å². The van der Waals surface area contributed by atoms with Crippen LogP contribution in [0.3, 0.4) is 0 Å². The minimum absolute atomic E-state index is 0.219. The topological polar surface area (TPSA) is 46.9 Å². The van der Waals surface area contributed by atoms with Gasteiger partial charge in [0.25, 0.3) is 5.91 Å². The van der Waals surface area contributed by atoms with Crippen LogP contribution in [-0.2, 0) is 6.54 Å². The Labute approximate surface area is 174 Å². The lowest BCUT2D eigenvalue weighted by Gasteiger charge is -2.07. The molecule has 29 heavy (non-hydrogen) atoms. The van der Waals surface area contributed by atoms with Crippen molar-refractivity contribution in [3.05, 3.63) is 107 Å². The van der Waals surface area contributed by atoms with Crippen molar-refractivity contribution in [3.8, 4) is 11.3 Å². The maximum atomic E-state index is 13.1. The summed E-state index contributed by atoms with van der Waals surface area (Å²) in [6, 6.07) is 25.2. The lowest BCUT2D eigenvalue weighted by atomic mass is 10.1. The van der Waals surface area contributed by atoms with Crippen LogP contribution >= 0.6 is 11.6 Å². The predicted molar refractivity (Wildman–Crippen MR) is 117 cm³/mol. The molecule has 0 aliphatic rings. The van der Waals surface area contributed by atoms with E-state index in [1.54, 1.807) is 16.9 Å². The molecule has 0 saturated heterocycles. The van der Waals surface area contributed by atoms with Crippen molar-refractivity contribution in [2.75, 3.05) is 5.32 Å². The van der Waals surface area contributed by atoms with Gasteiger partial charge in [0.05, 0.1) is 12.1 Å². The molecule has 3 aromatic carbocycles. The molecule has 0 fully saturated rings. The SMILES string of the molecule is Cc1ccc(NC(=O)c2cn(Cc3ccccc3)nc2-c2ccccc2)cc1Cl. The number of aryl methyl sites for hydroxylation is 1. The van der Waals surface area contributed by atoms with Gasteiger partial charge in [-0.3, -0.25) is 9.48 Å². The second kappa shape index (κ2) is 8.33. The zero-order chi connectivity index (χ0) is 20.2. The smallest absolute Gasteiger partial charge is 0.259 e. The standard InChI is InChI=1S/C24H20ClN3O/c1-17-12-13-20(14-22(17)25)26-24(29)21-16-28(15-18-8-4-2-5-9-18)27-23(21)19-10-6-3-7-11-19/h2-14,16H,15H2,1H3,(H,26,29). The van der Waals surface area contributed by atoms with Crippen molar-refractivity contribution in [2.24, 2.45) is 0 Å². The highest BCUT2D eigenvalue weighted by Crippen LogP contribution is 2.25. The van der Waals surface area contributed by atoms with Gasteiger partial charge in [0, 0.05) is 22.5 Å². The van der Waals surface area contributed by atoms with E-state index in [9.17, 15) is 4.79 Å². The van der Waals surface area contributed by atoms with E-state index in [0.717, 1.165) is 16.7 Å². The fourth-order valence-electron chi connectivity index (χ4n) is 3.12. The van der Waals surface area contributed by atoms with E-state index >= 15 is 0 Å². The second-order valence-corrected chi connectivity index (χ2v) is 7.27. The quantitative estimate of drug-likeness (QED) is 0.458. The van der Waals surface area contributed by atoms with Crippen LogP contribution in [0.2, 0.25) is 5.02 Å². The molecule has 1 amide bonds. The lowest BCUT2D eigenvalue weighted by Crippen LogP contribution is -2.12. The fraction of sp³-hybridized carbons (Fsp3) is 0.0833. The van der Waals surface area contributed by atoms with Gasteiger partial charge in [0.15, 0.2) is 0 Å². The molecule has 0 atom stereocenters. The molecule has 4 nitrogen and oxygen atoms in total. The molecule has 1 aromatic heterocycles. The summed E-state index contributed by atoms with van der Waals surface area (Å²) in [6.07, 6.45) is 1.79. The number of carbonyl (C=O) groups excluding carboxylic acids is 1. The van der Waals surface area contributed by atoms with Gasteiger partial charge in [0.1, 0.15) is 5.69 Å². The van der Waals surface area contributed by atoms with Gasteiger partial charge >= 0.3 is 0 Å². The van der Waals surface area contributed by atoms with Gasteiger partial charge in [-0.1, -0.05) is 78.3 Å². The summed E-state index contributed by atoms with van der Waals surface area (Å²) in [5.74, 6) is -0.219. The van der Waals surface area contributed by atoms with E-state index in [1.165, 1.54) is 0 Å². The Kier molecular flexibility index (Phi) is 5.45. The zero-order valence-corrected chi connectivity index (χ0v) is 16.7. The average Bonchev–Trinajstić information content (AvgIpc) is 3.16. The first-order valence-corrected chi connectivity index (χ1v) is 9.72. The van der Waals surface area contributed by atoms with E-state index < -0.39 is 0 Å². The number of hydrogen-bond donors (Lipinski definition) is 1. The maximum Gasteiger partial charge on any atom is 0.259 e. The molecule has 1 N–H and O–H groups in total. The lowest BCUT2D eigenvalue weighted by molar-refractivity contribution is 0.102. The molecule has 0 aliphatic heterocycles. The Bertz CT molecular complexity index is 1140. The van der Waals surface area contributed by atoms with Crippen LogP contribution in [0.5, 0.6) is 0 Å². The van der Waals surface area contributed by atoms with Crippen molar-refractivity contribution in [3.63, 3.8) is 0 Å². The number of nitrogens with zero attached hydrogens (tertiary/aromatic N) is 2. The van der Waals surface area contributed by atoms with Crippen molar-refractivity contribution < 1.29 is 4.79 Å². The Morgan fingerprint density at radius 3 is 2.38 bits per heavy atom. The molecular formula is C24H20ClN3O. The molecule has 0 aliphatic carbocycles. The summed E-state index contributed by atoms with van der Waals surface area (Å²) in [5, 5.41) is 8.25. The Morgan fingerprint density at radius 1 is 1.00 bits per heavy atom. The average molecular weight is 402 g/mol. The normalized spacial score (nSPS) is 10.7. The van der Waals surface area contributed by atoms with E-state index in [4.69, 9.17) is 16.7 Å². The van der Waals surface area contributed by atoms with Gasteiger partial charge in [-0.05, 0) is 30.2 Å². The van der Waals surface area contributed by atoms with Crippen molar-refractivity contribution >= 4 is 23.2 Å². The van der Waals surface area contributed by atoms with Crippen molar-refractivity contribution in [2.45, 2.75) is 13.5 Å². The first-order valence-electron chi connectivity index (χ1n) is 9.34. The molecule has 0 saturated carbocycles. The number of anilines is 1. The predicted octanol–water partition coefficient (Wildman–Crippen LogP) is 5.81. The van der Waals surface area contributed by atoms with E-state index in [1.807, 2.05) is 79.7 Å². The zero-order valence-electron chi connectivity index (χ0n) is 16.0. The minimum Gasteiger partial charge on any atom is -0.322 e. The van der Waals surface area contributed by atoms with E-state index in [0.29, 0.717) is 28.5 Å². The number of nitrogens with one attached hydrogen (secondary N) is 1. The number of carbonyl (C=O) groups is 1. The molecule has 5 heteroatoms. The van der Waals surface area contributed by atoms with Crippen LogP contribution in [-0.4, -0.2) is 15.7 Å². The molecule has 4 aromatic rings. The number of aromatic nitrogens is 2. The summed E-state index contributed by atoms with van der Waals surface area (Å²) in [4.78, 5) is 13.1. The number of benzene rings is 3. The summed E-state index contributed by atoms with van der Waals surface area (Å²) in [7, 11) is 0. The van der Waals surface area contributed by atoms with Crippen LogP contribution in [0.1, 0.15) is 21.5 Å². The van der Waals surface area contributed by atoms with E-state index in [-0.39, 0.29) is 5.91 Å². The monoisotopic (exact) mass is 401 g/mol. The van der Waals surface area contributed by atoms with Crippen LogP contribution in [0.25, 0.3) is 11.3 Å². The number of hydrogen-bond acceptors (Lipinski definition) is 2. The molecule has 4 rings (SSSR count). The van der Waals surface area contributed by atoms with Gasteiger partial charge in [-0.25, -0.2) is 0 Å². The van der Waals surface area contributed by atoms with Crippen LogP contribution in [0.4, 0.5) is 5.69 Å². The molecule has 0 bridgehead atoms. The summed E-state index contributed by atoms with van der Waals surface area (Å²) in [5.41, 5.74) is 4.80. The fourth-order valence-corrected chi connectivity index (χ4v) is 3.30. The summed E-state index contributed by atoms with van der Waals surface area (Å²) >= 11 is 6.20. The first-order chi connectivity index (χ1) is 14.1. The molecule has 0 unspecified atom stereocenters. The van der Waals surface area contributed by atoms with Crippen LogP contribution in [0, 0.1) is 6.92 Å². The third kappa shape index (κ3) is 4.39. The van der Waals surface area contributed by atoms with Crippen LogP contribution in [0.15, 0.2) is 85.1 Å². The molecular weight excluding hydrogens is 382 g/mol. The molecule has 144 valence electrons. The number of rotatable bonds is 5. The van der Waals surface area contributed by atoms with Gasteiger partial charge in [0.2, 0.25) is 0 Å². The second-order valence-electron chi connectivity index (χ2n) is 6.86. The molecule has 0 radical (unpaired) electrons. The van der Waals surface area contributed by atoms with Gasteiger partial charge < -0.3 is 5.32 Å². The highest BCUT2D eigenvalue weighted by molar-refractivity contribution is 6.31. The van der Waals surface area contributed by atoms with Gasteiger partial charge in [-0.15, -0.1) is 0 Å². The number of amides is 1. The third-order valence-electron chi connectivity index (χ3n) is 4.67. The maximum absolute atomic E-state index is 13.1. The Hall–Kier alpha value is -3.37. The molecule has 1 heterocycles. The Morgan fingerprint density at radius 2 is 1.69 bits per heavy atom. The van der Waals surface area contributed by atoms with Gasteiger partial charge in [-0.2, -0.15) is 5.10 Å². The molecule has 0 spiro atoms. The minimum atomic E-state index is -0.219. The highest BCUT2D eigenvalue weighted by atomic mass is 35.5. The third-order valence-corrected chi connectivity index (χ3v) is 5.08. The number of halogens is 1. The summed E-state index contributed by atoms with van der Waals surface area (Å²) < 4.78 is 1.80.